The average Bonchev–Trinajstić information content (AvgIpc) is 2.91. The maximum atomic E-state index is 12.1. The molecule has 1 fully saturated rings. The first kappa shape index (κ1) is 17.1. The fourth-order valence-electron chi connectivity index (χ4n) is 2.15. The van der Waals surface area contributed by atoms with Crippen LogP contribution >= 0.6 is 35.0 Å². The maximum absolute atomic E-state index is 12.1. The number of carbonyl (C=O) groups is 1. The third-order valence-electron chi connectivity index (χ3n) is 3.47. The van der Waals surface area contributed by atoms with Gasteiger partial charge in [0.15, 0.2) is 5.17 Å². The number of benzene rings is 2. The number of hydrogen-bond acceptors (Lipinski definition) is 3. The topological polar surface area (TPSA) is 41.5 Å². The minimum absolute atomic E-state index is 0.154. The van der Waals surface area contributed by atoms with Crippen LogP contribution in [0.15, 0.2) is 52.4 Å². The Labute approximate surface area is 154 Å². The number of aliphatic imine (C=N–C) groups is 1. The number of amides is 1. The fourth-order valence-corrected chi connectivity index (χ4v) is 3.29. The molecule has 0 radical (unpaired) electrons. The van der Waals surface area contributed by atoms with Gasteiger partial charge < -0.3 is 5.32 Å². The van der Waals surface area contributed by atoms with E-state index in [2.05, 4.69) is 29.4 Å². The second kappa shape index (κ2) is 7.43. The molecule has 1 N–H and O–H groups in total. The van der Waals surface area contributed by atoms with E-state index in [-0.39, 0.29) is 5.91 Å². The second-order valence-electron chi connectivity index (χ2n) is 5.18. The number of carbonyl (C=O) groups excluding carboxylic acids is 1. The molecule has 1 aliphatic heterocycles. The van der Waals surface area contributed by atoms with Crippen molar-refractivity contribution in [2.24, 2.45) is 4.99 Å². The van der Waals surface area contributed by atoms with Gasteiger partial charge in [0.25, 0.3) is 5.91 Å². The highest BCUT2D eigenvalue weighted by Gasteiger charge is 2.23. The van der Waals surface area contributed by atoms with Gasteiger partial charge in [0, 0.05) is 0 Å². The third kappa shape index (κ3) is 4.01. The quantitative estimate of drug-likeness (QED) is 0.723. The standard InChI is InChI=1S/C18H14Cl2N2OS/c1-2-11-3-5-12(6-4-11)9-16-17(23)22-18(24-16)21-13-7-8-14(19)15(20)10-13/h3-10H,2H2,1H3,(H,21,22,23). The normalized spacial score (nSPS) is 17.5. The Morgan fingerprint density at radius 3 is 2.54 bits per heavy atom. The fraction of sp³-hybridized carbons (Fsp3) is 0.111. The Bertz CT molecular complexity index is 845. The van der Waals surface area contributed by atoms with E-state index >= 15 is 0 Å². The van der Waals surface area contributed by atoms with Crippen molar-refractivity contribution in [3.8, 4) is 0 Å². The van der Waals surface area contributed by atoms with Gasteiger partial charge in [-0.2, -0.15) is 0 Å². The number of amidine groups is 1. The number of rotatable bonds is 3. The van der Waals surface area contributed by atoms with Gasteiger partial charge in [-0.05, 0) is 53.6 Å². The van der Waals surface area contributed by atoms with Crippen LogP contribution in [0.1, 0.15) is 18.1 Å². The van der Waals surface area contributed by atoms with Gasteiger partial charge >= 0.3 is 0 Å². The van der Waals surface area contributed by atoms with Crippen LogP contribution in [-0.4, -0.2) is 11.1 Å². The molecule has 2 aromatic rings. The molecule has 0 aliphatic carbocycles. The smallest absolute Gasteiger partial charge is 0.264 e. The molecule has 0 bridgehead atoms. The summed E-state index contributed by atoms with van der Waals surface area (Å²) in [6.07, 6.45) is 2.85. The van der Waals surface area contributed by atoms with Gasteiger partial charge in [-0.3, -0.25) is 4.79 Å². The van der Waals surface area contributed by atoms with Crippen LogP contribution in [0.25, 0.3) is 6.08 Å². The van der Waals surface area contributed by atoms with E-state index in [1.807, 2.05) is 18.2 Å². The molecule has 3 rings (SSSR count). The molecule has 1 heterocycles. The van der Waals surface area contributed by atoms with Crippen molar-refractivity contribution in [3.63, 3.8) is 0 Å². The minimum atomic E-state index is -0.154. The van der Waals surface area contributed by atoms with E-state index in [0.717, 1.165) is 12.0 Å². The lowest BCUT2D eigenvalue weighted by Gasteiger charge is -1.99. The van der Waals surface area contributed by atoms with Crippen LogP contribution in [0.3, 0.4) is 0 Å². The number of thioether (sulfide) groups is 1. The van der Waals surface area contributed by atoms with Gasteiger partial charge in [0.05, 0.1) is 20.6 Å². The number of nitrogens with one attached hydrogen (secondary N) is 1. The molecule has 3 nitrogen and oxygen atoms in total. The van der Waals surface area contributed by atoms with Crippen LogP contribution < -0.4 is 5.32 Å². The molecule has 0 aromatic heterocycles. The highest BCUT2D eigenvalue weighted by molar-refractivity contribution is 8.18. The Balaban J connectivity index is 1.80. The first-order valence-electron chi connectivity index (χ1n) is 7.38. The summed E-state index contributed by atoms with van der Waals surface area (Å²) in [6, 6.07) is 13.2. The molecule has 0 atom stereocenters. The molecular weight excluding hydrogens is 363 g/mol. The highest BCUT2D eigenvalue weighted by Crippen LogP contribution is 2.30. The summed E-state index contributed by atoms with van der Waals surface area (Å²) in [7, 11) is 0. The largest absolute Gasteiger partial charge is 0.300 e. The summed E-state index contributed by atoms with van der Waals surface area (Å²) in [5.41, 5.74) is 2.89. The van der Waals surface area contributed by atoms with E-state index < -0.39 is 0 Å². The van der Waals surface area contributed by atoms with Gasteiger partial charge in [-0.1, -0.05) is 54.4 Å². The van der Waals surface area contributed by atoms with Gasteiger partial charge in [-0.25, -0.2) is 4.99 Å². The molecular formula is C18H14Cl2N2OS. The summed E-state index contributed by atoms with van der Waals surface area (Å²) in [5, 5.41) is 4.18. The van der Waals surface area contributed by atoms with Crippen molar-refractivity contribution >= 4 is 57.8 Å². The summed E-state index contributed by atoms with van der Waals surface area (Å²) in [4.78, 5) is 17.1. The Hall–Kier alpha value is -1.75. The molecule has 2 aromatic carbocycles. The molecule has 6 heteroatoms. The predicted molar refractivity (Wildman–Crippen MR) is 103 cm³/mol. The van der Waals surface area contributed by atoms with Crippen molar-refractivity contribution in [2.75, 3.05) is 0 Å². The minimum Gasteiger partial charge on any atom is -0.300 e. The van der Waals surface area contributed by atoms with E-state index in [9.17, 15) is 4.79 Å². The lowest BCUT2D eigenvalue weighted by Crippen LogP contribution is -2.19. The lowest BCUT2D eigenvalue weighted by atomic mass is 10.1. The van der Waals surface area contributed by atoms with Crippen LogP contribution in [0.4, 0.5) is 5.69 Å². The Kier molecular flexibility index (Phi) is 5.29. The summed E-state index contributed by atoms with van der Waals surface area (Å²) in [5.74, 6) is -0.154. The van der Waals surface area contributed by atoms with Crippen molar-refractivity contribution in [1.82, 2.24) is 5.32 Å². The lowest BCUT2D eigenvalue weighted by molar-refractivity contribution is -0.115. The molecule has 1 aliphatic rings. The zero-order valence-corrected chi connectivity index (χ0v) is 15.2. The monoisotopic (exact) mass is 376 g/mol. The first-order valence-corrected chi connectivity index (χ1v) is 8.96. The number of hydrogen-bond donors (Lipinski definition) is 1. The van der Waals surface area contributed by atoms with Crippen molar-refractivity contribution in [2.45, 2.75) is 13.3 Å². The van der Waals surface area contributed by atoms with Crippen LogP contribution in [0.2, 0.25) is 10.0 Å². The van der Waals surface area contributed by atoms with E-state index in [1.165, 1.54) is 17.3 Å². The summed E-state index contributed by atoms with van der Waals surface area (Å²) in [6.45, 7) is 2.11. The zero-order valence-electron chi connectivity index (χ0n) is 12.8. The van der Waals surface area contributed by atoms with Crippen molar-refractivity contribution in [1.29, 1.82) is 0 Å². The van der Waals surface area contributed by atoms with E-state index in [0.29, 0.717) is 25.8 Å². The molecule has 24 heavy (non-hydrogen) atoms. The Morgan fingerprint density at radius 2 is 1.88 bits per heavy atom. The van der Waals surface area contributed by atoms with Crippen LogP contribution in [0.5, 0.6) is 0 Å². The van der Waals surface area contributed by atoms with Gasteiger partial charge in [-0.15, -0.1) is 0 Å². The molecule has 1 saturated heterocycles. The predicted octanol–water partition coefficient (Wildman–Crippen LogP) is 5.45. The number of nitrogens with zero attached hydrogens (tertiary/aromatic N) is 1. The van der Waals surface area contributed by atoms with Crippen molar-refractivity contribution in [3.05, 3.63) is 68.5 Å². The number of halogens is 2. The number of aryl methyl sites for hydroxylation is 1. The average molecular weight is 377 g/mol. The van der Waals surface area contributed by atoms with Gasteiger partial charge in [0.1, 0.15) is 0 Å². The first-order chi connectivity index (χ1) is 11.5. The van der Waals surface area contributed by atoms with Crippen molar-refractivity contribution < 1.29 is 4.79 Å². The second-order valence-corrected chi connectivity index (χ2v) is 7.02. The molecule has 0 spiro atoms. The summed E-state index contributed by atoms with van der Waals surface area (Å²) >= 11 is 13.2. The van der Waals surface area contributed by atoms with E-state index in [4.69, 9.17) is 23.2 Å². The highest BCUT2D eigenvalue weighted by atomic mass is 35.5. The zero-order chi connectivity index (χ0) is 17.1. The SMILES string of the molecule is CCc1ccc(C=C2SC(=Nc3ccc(Cl)c(Cl)c3)NC2=O)cc1. The van der Waals surface area contributed by atoms with Gasteiger partial charge in [0.2, 0.25) is 0 Å². The molecule has 0 saturated carbocycles. The van der Waals surface area contributed by atoms with Crippen LogP contribution in [0, 0.1) is 0 Å². The summed E-state index contributed by atoms with van der Waals surface area (Å²) < 4.78 is 0. The molecule has 0 unspecified atom stereocenters. The van der Waals surface area contributed by atoms with Crippen LogP contribution in [-0.2, 0) is 11.2 Å². The Morgan fingerprint density at radius 1 is 1.12 bits per heavy atom. The molecule has 1 amide bonds. The molecule has 122 valence electrons. The maximum Gasteiger partial charge on any atom is 0.264 e. The third-order valence-corrected chi connectivity index (χ3v) is 5.12. The van der Waals surface area contributed by atoms with E-state index in [1.54, 1.807) is 18.2 Å².